The Kier molecular flexibility index (Phi) is 7.00. The largest absolute Gasteiger partial charge is 0.341 e. The number of anilines is 2. The Morgan fingerprint density at radius 1 is 0.973 bits per heavy atom. The molecule has 1 saturated carbocycles. The summed E-state index contributed by atoms with van der Waals surface area (Å²) in [5.41, 5.74) is 4.63. The Morgan fingerprint density at radius 2 is 1.65 bits per heavy atom. The maximum Gasteiger partial charge on any atom is 0.321 e. The van der Waals surface area contributed by atoms with E-state index in [0.29, 0.717) is 28.9 Å². The molecule has 2 bridgehead atoms. The fraction of sp³-hybridized carbons (Fsp3) is 0.448. The fourth-order valence-corrected chi connectivity index (χ4v) is 5.88. The fourth-order valence-electron chi connectivity index (χ4n) is 5.88. The standard InChI is InChI=1S/C29H35N5O3/c1-18-6-4-8-23(14-18)31-29(37)32-27-28(36)34(26-19(2)7-5-9-24(26)20(3)30-27)17-25(35)33-15-21-10-11-22(16-33)13-12-21/h4-9,14,21-22,27H,10-13,15-17H2,1-3H3,(H2,31,32,37). The number of rotatable bonds is 4. The van der Waals surface area contributed by atoms with Gasteiger partial charge in [0.25, 0.3) is 5.91 Å². The third-order valence-electron chi connectivity index (χ3n) is 7.83. The van der Waals surface area contributed by atoms with Gasteiger partial charge in [0.2, 0.25) is 12.1 Å². The second kappa shape index (κ2) is 10.4. The number of amides is 4. The first-order chi connectivity index (χ1) is 17.8. The average molecular weight is 502 g/mol. The molecule has 3 aliphatic heterocycles. The van der Waals surface area contributed by atoms with Crippen molar-refractivity contribution in [2.45, 2.75) is 52.6 Å². The van der Waals surface area contributed by atoms with E-state index in [0.717, 1.165) is 29.8 Å². The zero-order valence-corrected chi connectivity index (χ0v) is 21.8. The predicted octanol–water partition coefficient (Wildman–Crippen LogP) is 4.26. The van der Waals surface area contributed by atoms with E-state index in [4.69, 9.17) is 0 Å². The molecule has 8 heteroatoms. The van der Waals surface area contributed by atoms with Gasteiger partial charge in [0.1, 0.15) is 6.54 Å². The van der Waals surface area contributed by atoms with Crippen LogP contribution < -0.4 is 15.5 Å². The molecule has 2 saturated heterocycles. The number of fused-ring (bicyclic) bond motifs is 5. The summed E-state index contributed by atoms with van der Waals surface area (Å²) in [6.07, 6.45) is 3.55. The summed E-state index contributed by atoms with van der Waals surface area (Å²) in [6.45, 7) is 7.15. The van der Waals surface area contributed by atoms with Gasteiger partial charge >= 0.3 is 6.03 Å². The molecule has 6 rings (SSSR count). The highest BCUT2D eigenvalue weighted by molar-refractivity contribution is 6.14. The summed E-state index contributed by atoms with van der Waals surface area (Å²) < 4.78 is 0. The maximum atomic E-state index is 13.9. The molecule has 0 radical (unpaired) electrons. The van der Waals surface area contributed by atoms with Crippen LogP contribution in [-0.2, 0) is 9.59 Å². The van der Waals surface area contributed by atoms with Gasteiger partial charge < -0.3 is 15.5 Å². The normalized spacial score (nSPS) is 23.1. The first-order valence-corrected chi connectivity index (χ1v) is 13.2. The number of carbonyl (C=O) groups is 3. The minimum atomic E-state index is -1.15. The highest BCUT2D eigenvalue weighted by Gasteiger charge is 2.37. The zero-order chi connectivity index (χ0) is 26.1. The average Bonchev–Trinajstić information content (AvgIpc) is 3.24. The van der Waals surface area contributed by atoms with E-state index in [2.05, 4.69) is 15.6 Å². The minimum absolute atomic E-state index is 0.0520. The lowest BCUT2D eigenvalue weighted by molar-refractivity contribution is -0.132. The number of nitrogens with zero attached hydrogens (tertiary/aromatic N) is 3. The van der Waals surface area contributed by atoms with Crippen LogP contribution in [0.15, 0.2) is 47.5 Å². The number of urea groups is 1. The summed E-state index contributed by atoms with van der Waals surface area (Å²) in [5, 5.41) is 5.51. The van der Waals surface area contributed by atoms with Crippen LogP contribution in [0.5, 0.6) is 0 Å². The second-order valence-corrected chi connectivity index (χ2v) is 10.7. The third-order valence-corrected chi connectivity index (χ3v) is 7.83. The van der Waals surface area contributed by atoms with Crippen molar-refractivity contribution in [2.75, 3.05) is 29.9 Å². The van der Waals surface area contributed by atoms with Gasteiger partial charge in [0.15, 0.2) is 0 Å². The summed E-state index contributed by atoms with van der Waals surface area (Å²) >= 11 is 0. The number of carbonyl (C=O) groups excluding carboxylic acids is 3. The summed E-state index contributed by atoms with van der Waals surface area (Å²) in [6, 6.07) is 12.7. The van der Waals surface area contributed by atoms with E-state index in [1.807, 2.05) is 62.1 Å². The van der Waals surface area contributed by atoms with Gasteiger partial charge in [-0.25, -0.2) is 4.79 Å². The second-order valence-electron chi connectivity index (χ2n) is 10.7. The zero-order valence-electron chi connectivity index (χ0n) is 21.8. The molecule has 1 unspecified atom stereocenters. The summed E-state index contributed by atoms with van der Waals surface area (Å²) in [5.74, 6) is 0.616. The van der Waals surface area contributed by atoms with E-state index in [1.54, 1.807) is 6.07 Å². The molecule has 0 aromatic heterocycles. The Labute approximate surface area is 218 Å². The van der Waals surface area contributed by atoms with Gasteiger partial charge in [-0.05, 0) is 81.5 Å². The van der Waals surface area contributed by atoms with Gasteiger partial charge in [0, 0.05) is 30.1 Å². The number of hydrogen-bond donors (Lipinski definition) is 2. The SMILES string of the molecule is CC1=NC(NC(=O)Nc2cccc(C)c2)C(=O)N(CC(=O)N2CC3CCC(CC3)C2)c2c(C)cccc21. The molecule has 1 aliphatic carbocycles. The molecular formula is C29H35N5O3. The number of benzodiazepines with no additional fused rings is 1. The quantitative estimate of drug-likeness (QED) is 0.656. The number of aryl methyl sites for hydroxylation is 2. The highest BCUT2D eigenvalue weighted by Crippen LogP contribution is 2.34. The van der Waals surface area contributed by atoms with E-state index in [-0.39, 0.29) is 12.5 Å². The molecule has 1 atom stereocenters. The van der Waals surface area contributed by atoms with Crippen molar-refractivity contribution in [1.29, 1.82) is 0 Å². The Morgan fingerprint density at radius 3 is 2.32 bits per heavy atom. The molecule has 37 heavy (non-hydrogen) atoms. The summed E-state index contributed by atoms with van der Waals surface area (Å²) in [7, 11) is 0. The number of benzene rings is 2. The van der Waals surface area contributed by atoms with Crippen molar-refractivity contribution < 1.29 is 14.4 Å². The van der Waals surface area contributed by atoms with E-state index in [1.165, 1.54) is 30.6 Å². The van der Waals surface area contributed by atoms with Crippen LogP contribution in [0.1, 0.15) is 49.3 Å². The van der Waals surface area contributed by atoms with Gasteiger partial charge in [-0.1, -0.05) is 30.3 Å². The van der Waals surface area contributed by atoms with Gasteiger partial charge in [-0.2, -0.15) is 0 Å². The molecule has 2 aromatic carbocycles. The number of para-hydroxylation sites is 1. The monoisotopic (exact) mass is 501 g/mol. The first kappa shape index (κ1) is 25.0. The van der Waals surface area contributed by atoms with Crippen molar-refractivity contribution in [3.8, 4) is 0 Å². The molecular weight excluding hydrogens is 466 g/mol. The molecule has 3 fully saturated rings. The predicted molar refractivity (Wildman–Crippen MR) is 145 cm³/mol. The molecule has 4 amide bonds. The topological polar surface area (TPSA) is 94.1 Å². The maximum absolute atomic E-state index is 13.9. The van der Waals surface area contributed by atoms with Crippen LogP contribution >= 0.6 is 0 Å². The van der Waals surface area contributed by atoms with Crippen molar-refractivity contribution in [2.24, 2.45) is 16.8 Å². The van der Waals surface area contributed by atoms with Crippen LogP contribution in [0.25, 0.3) is 0 Å². The lowest BCUT2D eigenvalue weighted by Crippen LogP contribution is -2.52. The van der Waals surface area contributed by atoms with E-state index < -0.39 is 18.1 Å². The lowest BCUT2D eigenvalue weighted by atomic mass is 9.84. The molecule has 2 N–H and O–H groups in total. The molecule has 194 valence electrons. The van der Waals surface area contributed by atoms with Gasteiger partial charge in [-0.15, -0.1) is 0 Å². The van der Waals surface area contributed by atoms with Crippen LogP contribution in [0.2, 0.25) is 0 Å². The Bertz CT molecular complexity index is 1230. The number of hydrogen-bond acceptors (Lipinski definition) is 4. The van der Waals surface area contributed by atoms with Crippen LogP contribution in [-0.4, -0.2) is 54.3 Å². The van der Waals surface area contributed by atoms with Gasteiger partial charge in [-0.3, -0.25) is 19.5 Å². The molecule has 8 nitrogen and oxygen atoms in total. The van der Waals surface area contributed by atoms with E-state index in [9.17, 15) is 14.4 Å². The Hall–Kier alpha value is -3.68. The van der Waals surface area contributed by atoms with Crippen molar-refractivity contribution in [1.82, 2.24) is 10.2 Å². The smallest absolute Gasteiger partial charge is 0.321 e. The highest BCUT2D eigenvalue weighted by atomic mass is 16.2. The molecule has 2 aromatic rings. The number of nitrogens with one attached hydrogen (secondary N) is 2. The number of aliphatic imine (C=N–C) groups is 1. The minimum Gasteiger partial charge on any atom is -0.341 e. The molecule has 4 aliphatic rings. The van der Waals surface area contributed by atoms with Crippen molar-refractivity contribution in [3.05, 3.63) is 59.2 Å². The first-order valence-electron chi connectivity index (χ1n) is 13.2. The lowest BCUT2D eigenvalue weighted by Gasteiger charge is -2.30. The van der Waals surface area contributed by atoms with E-state index >= 15 is 0 Å². The van der Waals surface area contributed by atoms with Crippen LogP contribution in [0.3, 0.4) is 0 Å². The van der Waals surface area contributed by atoms with Crippen molar-refractivity contribution >= 4 is 34.9 Å². The molecule has 0 spiro atoms. The third kappa shape index (κ3) is 5.38. The molecule has 3 heterocycles. The van der Waals surface area contributed by atoms with Gasteiger partial charge in [0.05, 0.1) is 5.69 Å². The van der Waals surface area contributed by atoms with Crippen LogP contribution in [0.4, 0.5) is 16.2 Å². The Balaban J connectivity index is 1.40. The van der Waals surface area contributed by atoms with Crippen molar-refractivity contribution in [3.63, 3.8) is 0 Å². The van der Waals surface area contributed by atoms with Crippen LogP contribution in [0, 0.1) is 25.7 Å². The summed E-state index contributed by atoms with van der Waals surface area (Å²) in [4.78, 5) is 48.4.